The SMILES string of the molecule is CC(C)C(C)SCc1ccnc(N)c1. The number of thioether (sulfide) groups is 1. The maximum Gasteiger partial charge on any atom is 0.123 e. The highest BCUT2D eigenvalue weighted by Crippen LogP contribution is 2.23. The fourth-order valence-electron chi connectivity index (χ4n) is 1.00. The molecule has 0 bridgehead atoms. The fourth-order valence-corrected chi connectivity index (χ4v) is 2.02. The number of pyridine rings is 1. The lowest BCUT2D eigenvalue weighted by Crippen LogP contribution is -2.05. The quantitative estimate of drug-likeness (QED) is 0.830. The van der Waals surface area contributed by atoms with Crippen LogP contribution in [0.5, 0.6) is 0 Å². The van der Waals surface area contributed by atoms with Crippen molar-refractivity contribution in [1.82, 2.24) is 4.98 Å². The number of nitrogen functional groups attached to an aromatic ring is 1. The smallest absolute Gasteiger partial charge is 0.123 e. The Balaban J connectivity index is 2.45. The molecule has 0 spiro atoms. The minimum absolute atomic E-state index is 0.611. The van der Waals surface area contributed by atoms with Gasteiger partial charge in [0.1, 0.15) is 5.82 Å². The predicted octanol–water partition coefficient (Wildman–Crippen LogP) is 2.94. The molecule has 1 unspecified atom stereocenters. The van der Waals surface area contributed by atoms with Crippen LogP contribution in [0.15, 0.2) is 18.3 Å². The first-order chi connectivity index (χ1) is 6.59. The molecular weight excluding hydrogens is 192 g/mol. The first-order valence-corrected chi connectivity index (χ1v) is 5.96. The lowest BCUT2D eigenvalue weighted by Gasteiger charge is -2.14. The van der Waals surface area contributed by atoms with E-state index in [0.717, 1.165) is 11.7 Å². The van der Waals surface area contributed by atoms with Crippen LogP contribution in [0.3, 0.4) is 0 Å². The first kappa shape index (κ1) is 11.4. The molecule has 1 atom stereocenters. The van der Waals surface area contributed by atoms with Gasteiger partial charge in [0, 0.05) is 17.2 Å². The molecule has 1 rings (SSSR count). The Morgan fingerprint density at radius 1 is 1.43 bits per heavy atom. The van der Waals surface area contributed by atoms with E-state index < -0.39 is 0 Å². The molecule has 0 radical (unpaired) electrons. The number of rotatable bonds is 4. The molecule has 0 saturated carbocycles. The standard InChI is InChI=1S/C11H18N2S/c1-8(2)9(3)14-7-10-4-5-13-11(12)6-10/h4-6,8-9H,7H2,1-3H3,(H2,12,13). The third-order valence-electron chi connectivity index (χ3n) is 2.30. The molecular formula is C11H18N2S. The van der Waals surface area contributed by atoms with Crippen LogP contribution < -0.4 is 5.73 Å². The summed E-state index contributed by atoms with van der Waals surface area (Å²) in [6.07, 6.45) is 1.77. The lowest BCUT2D eigenvalue weighted by atomic mass is 10.2. The van der Waals surface area contributed by atoms with Crippen LogP contribution >= 0.6 is 11.8 Å². The van der Waals surface area contributed by atoms with Crippen molar-refractivity contribution in [1.29, 1.82) is 0 Å². The number of aromatic nitrogens is 1. The summed E-state index contributed by atoms with van der Waals surface area (Å²) in [5.74, 6) is 2.35. The number of hydrogen-bond donors (Lipinski definition) is 1. The van der Waals surface area contributed by atoms with Gasteiger partial charge in [0.2, 0.25) is 0 Å². The lowest BCUT2D eigenvalue weighted by molar-refractivity contribution is 0.642. The summed E-state index contributed by atoms with van der Waals surface area (Å²) in [4.78, 5) is 3.97. The molecule has 1 aromatic heterocycles. The summed E-state index contributed by atoms with van der Waals surface area (Å²) in [5.41, 5.74) is 6.86. The van der Waals surface area contributed by atoms with Crippen LogP contribution in [0.25, 0.3) is 0 Å². The highest BCUT2D eigenvalue weighted by molar-refractivity contribution is 7.99. The van der Waals surface area contributed by atoms with Crippen LogP contribution in [-0.4, -0.2) is 10.2 Å². The molecule has 2 N–H and O–H groups in total. The van der Waals surface area contributed by atoms with Gasteiger partial charge in [-0.25, -0.2) is 4.98 Å². The van der Waals surface area contributed by atoms with E-state index in [9.17, 15) is 0 Å². The molecule has 0 aliphatic carbocycles. The average Bonchev–Trinajstić information content (AvgIpc) is 2.14. The molecule has 0 amide bonds. The fraction of sp³-hybridized carbons (Fsp3) is 0.545. The molecule has 0 fully saturated rings. The second-order valence-corrected chi connectivity index (χ2v) is 5.21. The van der Waals surface area contributed by atoms with Crippen LogP contribution in [0, 0.1) is 5.92 Å². The minimum atomic E-state index is 0.611. The summed E-state index contributed by atoms with van der Waals surface area (Å²) < 4.78 is 0. The van der Waals surface area contributed by atoms with Gasteiger partial charge in [-0.3, -0.25) is 0 Å². The second kappa shape index (κ2) is 5.25. The average molecular weight is 210 g/mol. The van der Waals surface area contributed by atoms with E-state index in [1.54, 1.807) is 6.20 Å². The third kappa shape index (κ3) is 3.58. The van der Waals surface area contributed by atoms with E-state index in [1.165, 1.54) is 5.56 Å². The molecule has 14 heavy (non-hydrogen) atoms. The molecule has 0 aliphatic heterocycles. The van der Waals surface area contributed by atoms with Crippen molar-refractivity contribution in [3.05, 3.63) is 23.9 Å². The highest BCUT2D eigenvalue weighted by Gasteiger charge is 2.07. The van der Waals surface area contributed by atoms with E-state index >= 15 is 0 Å². The maximum absolute atomic E-state index is 5.60. The number of hydrogen-bond acceptors (Lipinski definition) is 3. The molecule has 0 saturated heterocycles. The normalized spacial score (nSPS) is 13.1. The Morgan fingerprint density at radius 3 is 2.71 bits per heavy atom. The Morgan fingerprint density at radius 2 is 2.14 bits per heavy atom. The van der Waals surface area contributed by atoms with Gasteiger partial charge >= 0.3 is 0 Å². The van der Waals surface area contributed by atoms with E-state index in [2.05, 4.69) is 25.8 Å². The van der Waals surface area contributed by atoms with Crippen molar-refractivity contribution in [3.8, 4) is 0 Å². The number of nitrogens with two attached hydrogens (primary N) is 1. The molecule has 0 aromatic carbocycles. The highest BCUT2D eigenvalue weighted by atomic mass is 32.2. The van der Waals surface area contributed by atoms with Gasteiger partial charge in [-0.2, -0.15) is 11.8 Å². The van der Waals surface area contributed by atoms with E-state index in [4.69, 9.17) is 5.73 Å². The molecule has 1 heterocycles. The molecule has 3 heteroatoms. The molecule has 78 valence electrons. The first-order valence-electron chi connectivity index (χ1n) is 4.91. The van der Waals surface area contributed by atoms with Gasteiger partial charge in [0.25, 0.3) is 0 Å². The Hall–Kier alpha value is -0.700. The van der Waals surface area contributed by atoms with Crippen molar-refractivity contribution in [2.75, 3.05) is 5.73 Å². The van der Waals surface area contributed by atoms with Crippen molar-refractivity contribution in [2.45, 2.75) is 31.8 Å². The Bertz CT molecular complexity index is 286. The minimum Gasteiger partial charge on any atom is -0.384 e. The van der Waals surface area contributed by atoms with E-state index in [-0.39, 0.29) is 0 Å². The van der Waals surface area contributed by atoms with Crippen LogP contribution in [0.4, 0.5) is 5.82 Å². The van der Waals surface area contributed by atoms with Gasteiger partial charge in [-0.15, -0.1) is 0 Å². The van der Waals surface area contributed by atoms with Crippen molar-refractivity contribution >= 4 is 17.6 Å². The Kier molecular flexibility index (Phi) is 4.26. The second-order valence-electron chi connectivity index (χ2n) is 3.85. The summed E-state index contributed by atoms with van der Waals surface area (Å²) in [7, 11) is 0. The monoisotopic (exact) mass is 210 g/mol. The van der Waals surface area contributed by atoms with Crippen LogP contribution in [0.1, 0.15) is 26.3 Å². The maximum atomic E-state index is 5.60. The third-order valence-corrected chi connectivity index (χ3v) is 3.87. The van der Waals surface area contributed by atoms with Crippen LogP contribution in [0.2, 0.25) is 0 Å². The van der Waals surface area contributed by atoms with Gasteiger partial charge in [0.15, 0.2) is 0 Å². The summed E-state index contributed by atoms with van der Waals surface area (Å²) in [6, 6.07) is 3.97. The van der Waals surface area contributed by atoms with Gasteiger partial charge in [-0.1, -0.05) is 20.8 Å². The topological polar surface area (TPSA) is 38.9 Å². The van der Waals surface area contributed by atoms with Gasteiger partial charge < -0.3 is 5.73 Å². The molecule has 1 aromatic rings. The van der Waals surface area contributed by atoms with Gasteiger partial charge in [0.05, 0.1) is 0 Å². The predicted molar refractivity (Wildman–Crippen MR) is 64.2 cm³/mol. The summed E-state index contributed by atoms with van der Waals surface area (Å²) in [6.45, 7) is 6.76. The largest absolute Gasteiger partial charge is 0.384 e. The number of anilines is 1. The Labute approximate surface area is 90.3 Å². The van der Waals surface area contributed by atoms with Crippen molar-refractivity contribution < 1.29 is 0 Å². The van der Waals surface area contributed by atoms with Gasteiger partial charge in [-0.05, 0) is 23.6 Å². The zero-order chi connectivity index (χ0) is 10.6. The van der Waals surface area contributed by atoms with Crippen molar-refractivity contribution in [2.24, 2.45) is 5.92 Å². The zero-order valence-corrected chi connectivity index (χ0v) is 9.84. The van der Waals surface area contributed by atoms with Crippen LogP contribution in [-0.2, 0) is 5.75 Å². The van der Waals surface area contributed by atoms with E-state index in [0.29, 0.717) is 11.1 Å². The van der Waals surface area contributed by atoms with Crippen molar-refractivity contribution in [3.63, 3.8) is 0 Å². The summed E-state index contributed by atoms with van der Waals surface area (Å²) in [5, 5.41) is 0.685. The molecule has 2 nitrogen and oxygen atoms in total. The molecule has 0 aliphatic rings. The zero-order valence-electron chi connectivity index (χ0n) is 9.03. The van der Waals surface area contributed by atoms with E-state index in [1.807, 2.05) is 23.9 Å². The summed E-state index contributed by atoms with van der Waals surface area (Å²) >= 11 is 1.96. The number of nitrogens with zero attached hydrogens (tertiary/aromatic N) is 1.